The van der Waals surface area contributed by atoms with E-state index >= 15 is 0 Å². The predicted octanol–water partition coefficient (Wildman–Crippen LogP) is 5.15. The number of unbranched alkanes of at least 4 members (excludes halogenated alkanes) is 1. The van der Waals surface area contributed by atoms with Crippen LogP contribution in [0.4, 0.5) is 11.4 Å². The summed E-state index contributed by atoms with van der Waals surface area (Å²) in [4.78, 5) is 27.2. The zero-order valence-electron chi connectivity index (χ0n) is 19.3. The number of carbonyl (C=O) groups is 2. The number of rotatable bonds is 7. The van der Waals surface area contributed by atoms with Crippen LogP contribution in [0.15, 0.2) is 22.7 Å². The number of carbonyl (C=O) groups excluding carboxylic acids is 2. The summed E-state index contributed by atoms with van der Waals surface area (Å²) in [5, 5.41) is 7.07. The lowest BCUT2D eigenvalue weighted by atomic mass is 9.79. The largest absolute Gasteiger partial charge is 0.482 e. The van der Waals surface area contributed by atoms with E-state index in [-0.39, 0.29) is 24.3 Å². The zero-order chi connectivity index (χ0) is 22.7. The fraction of sp³-hybridized carbons (Fsp3) is 0.560. The van der Waals surface area contributed by atoms with Gasteiger partial charge in [-0.3, -0.25) is 9.59 Å². The molecule has 2 aliphatic rings. The summed E-state index contributed by atoms with van der Waals surface area (Å²) in [5.41, 5.74) is 2.99. The molecule has 2 aromatic rings. The fourth-order valence-electron chi connectivity index (χ4n) is 4.79. The summed E-state index contributed by atoms with van der Waals surface area (Å²) in [6.07, 6.45) is 7.96. The highest BCUT2D eigenvalue weighted by Crippen LogP contribution is 2.37. The molecule has 0 spiro atoms. The van der Waals surface area contributed by atoms with Gasteiger partial charge in [-0.1, -0.05) is 31.3 Å². The average Bonchev–Trinajstić information content (AvgIpc) is 3.11. The predicted molar refractivity (Wildman–Crippen MR) is 123 cm³/mol. The molecule has 1 N–H and O–H groups in total. The van der Waals surface area contributed by atoms with Gasteiger partial charge >= 0.3 is 0 Å². The molecule has 2 amide bonds. The molecule has 1 aliphatic carbocycles. The number of anilines is 2. The number of nitrogens with zero attached hydrogens (tertiary/aromatic N) is 2. The monoisotopic (exact) mass is 439 g/mol. The molecule has 0 saturated heterocycles. The van der Waals surface area contributed by atoms with E-state index in [0.29, 0.717) is 29.4 Å². The molecule has 1 fully saturated rings. The van der Waals surface area contributed by atoms with Crippen LogP contribution in [0, 0.1) is 25.7 Å². The van der Waals surface area contributed by atoms with E-state index in [1.165, 1.54) is 19.3 Å². The van der Waals surface area contributed by atoms with Crippen molar-refractivity contribution in [3.8, 4) is 5.75 Å². The van der Waals surface area contributed by atoms with Gasteiger partial charge in [-0.15, -0.1) is 0 Å². The molecule has 32 heavy (non-hydrogen) atoms. The van der Waals surface area contributed by atoms with Crippen molar-refractivity contribution in [2.45, 2.75) is 72.3 Å². The first kappa shape index (κ1) is 22.4. The quantitative estimate of drug-likeness (QED) is 0.645. The molecule has 0 radical (unpaired) electrons. The molecular formula is C25H33N3O4. The summed E-state index contributed by atoms with van der Waals surface area (Å²) < 4.78 is 10.9. The Morgan fingerprint density at radius 2 is 2.00 bits per heavy atom. The number of benzene rings is 1. The average molecular weight is 440 g/mol. The Morgan fingerprint density at radius 1 is 1.22 bits per heavy atom. The summed E-state index contributed by atoms with van der Waals surface area (Å²) in [7, 11) is 0. The molecule has 0 unspecified atom stereocenters. The summed E-state index contributed by atoms with van der Waals surface area (Å²) >= 11 is 0. The second kappa shape index (κ2) is 9.76. The van der Waals surface area contributed by atoms with E-state index in [1.54, 1.807) is 4.90 Å². The van der Waals surface area contributed by atoms with Crippen molar-refractivity contribution >= 4 is 23.2 Å². The van der Waals surface area contributed by atoms with Crippen LogP contribution in [0.2, 0.25) is 0 Å². The maximum atomic E-state index is 12.9. The number of hydrogen-bond donors (Lipinski definition) is 1. The van der Waals surface area contributed by atoms with Crippen LogP contribution < -0.4 is 15.0 Å². The summed E-state index contributed by atoms with van der Waals surface area (Å²) in [5.74, 6) is 2.09. The Labute approximate surface area is 189 Å². The van der Waals surface area contributed by atoms with Gasteiger partial charge in [0.15, 0.2) is 6.61 Å². The number of aromatic nitrogens is 1. The minimum Gasteiger partial charge on any atom is -0.482 e. The number of hydrogen-bond acceptors (Lipinski definition) is 5. The van der Waals surface area contributed by atoms with Crippen LogP contribution in [-0.4, -0.2) is 23.6 Å². The number of aryl methyl sites for hydroxylation is 2. The standard InChI is InChI=1S/C25H33N3O4/c1-4-5-6-18-7-9-19(10-8-18)25(30)26-20-11-12-23-22(13-20)28(24(29)15-31-23)14-21-16(2)27-32-17(21)3/h11-13,18-19H,4-10,14-15H2,1-3H3,(H,26,30). The Balaban J connectivity index is 1.45. The van der Waals surface area contributed by atoms with E-state index in [9.17, 15) is 9.59 Å². The van der Waals surface area contributed by atoms with E-state index in [4.69, 9.17) is 9.26 Å². The Hall–Kier alpha value is -2.83. The molecule has 1 aromatic carbocycles. The highest BCUT2D eigenvalue weighted by Gasteiger charge is 2.29. The Bertz CT molecular complexity index is 956. The van der Waals surface area contributed by atoms with Crippen LogP contribution >= 0.6 is 0 Å². The third-order valence-electron chi connectivity index (χ3n) is 6.85. The third kappa shape index (κ3) is 4.81. The van der Waals surface area contributed by atoms with Crippen molar-refractivity contribution in [2.75, 3.05) is 16.8 Å². The van der Waals surface area contributed by atoms with Gasteiger partial charge in [-0.05, 0) is 63.6 Å². The van der Waals surface area contributed by atoms with Gasteiger partial charge in [0.2, 0.25) is 5.91 Å². The highest BCUT2D eigenvalue weighted by atomic mass is 16.5. The third-order valence-corrected chi connectivity index (χ3v) is 6.85. The maximum Gasteiger partial charge on any atom is 0.265 e. The lowest BCUT2D eigenvalue weighted by Gasteiger charge is -2.30. The zero-order valence-corrected chi connectivity index (χ0v) is 19.3. The first-order chi connectivity index (χ1) is 15.5. The summed E-state index contributed by atoms with van der Waals surface area (Å²) in [6, 6.07) is 5.49. The van der Waals surface area contributed by atoms with Gasteiger partial charge < -0.3 is 19.5 Å². The van der Waals surface area contributed by atoms with Crippen molar-refractivity contribution < 1.29 is 18.8 Å². The SMILES string of the molecule is CCCCC1CCC(C(=O)Nc2ccc3c(c2)N(Cc2c(C)noc2C)C(=O)CO3)CC1. The molecule has 7 heteroatoms. The van der Waals surface area contributed by atoms with Gasteiger partial charge in [-0.2, -0.15) is 0 Å². The fourth-order valence-corrected chi connectivity index (χ4v) is 4.79. The van der Waals surface area contributed by atoms with E-state index in [1.807, 2.05) is 32.0 Å². The molecule has 1 aliphatic heterocycles. The van der Waals surface area contributed by atoms with E-state index < -0.39 is 0 Å². The minimum atomic E-state index is -0.133. The van der Waals surface area contributed by atoms with Crippen LogP contribution in [0.5, 0.6) is 5.75 Å². The maximum absolute atomic E-state index is 12.9. The second-order valence-electron chi connectivity index (χ2n) is 9.10. The smallest absolute Gasteiger partial charge is 0.265 e. The van der Waals surface area contributed by atoms with Gasteiger partial charge in [0.25, 0.3) is 5.91 Å². The molecule has 4 rings (SSSR count). The Kier molecular flexibility index (Phi) is 6.82. The van der Waals surface area contributed by atoms with Crippen LogP contribution in [-0.2, 0) is 16.1 Å². The lowest BCUT2D eigenvalue weighted by Crippen LogP contribution is -2.38. The number of nitrogens with one attached hydrogen (secondary N) is 1. The van der Waals surface area contributed by atoms with Gasteiger partial charge in [0.05, 0.1) is 17.9 Å². The van der Waals surface area contributed by atoms with Crippen molar-refractivity contribution in [2.24, 2.45) is 11.8 Å². The first-order valence-electron chi connectivity index (χ1n) is 11.8. The molecule has 0 bridgehead atoms. The highest BCUT2D eigenvalue weighted by molar-refractivity contribution is 5.99. The normalized spacial score (nSPS) is 20.6. The van der Waals surface area contributed by atoms with Crippen LogP contribution in [0.25, 0.3) is 0 Å². The number of fused-ring (bicyclic) bond motifs is 1. The van der Waals surface area contributed by atoms with Crippen LogP contribution in [0.3, 0.4) is 0 Å². The Morgan fingerprint density at radius 3 is 2.69 bits per heavy atom. The molecule has 1 aromatic heterocycles. The van der Waals surface area contributed by atoms with Crippen molar-refractivity contribution in [1.29, 1.82) is 0 Å². The van der Waals surface area contributed by atoms with Crippen LogP contribution in [0.1, 0.15) is 68.9 Å². The van der Waals surface area contributed by atoms with Crippen molar-refractivity contribution in [3.05, 3.63) is 35.2 Å². The molecule has 172 valence electrons. The molecular weight excluding hydrogens is 406 g/mol. The summed E-state index contributed by atoms with van der Waals surface area (Å²) in [6.45, 7) is 6.28. The number of ether oxygens (including phenoxy) is 1. The molecule has 0 atom stereocenters. The minimum absolute atomic E-state index is 0.0106. The second-order valence-corrected chi connectivity index (χ2v) is 9.10. The first-order valence-corrected chi connectivity index (χ1v) is 11.8. The topological polar surface area (TPSA) is 84.7 Å². The molecule has 1 saturated carbocycles. The number of amides is 2. The van der Waals surface area contributed by atoms with Crippen molar-refractivity contribution in [3.63, 3.8) is 0 Å². The van der Waals surface area contributed by atoms with Gasteiger partial charge in [0, 0.05) is 17.2 Å². The molecule has 2 heterocycles. The van der Waals surface area contributed by atoms with E-state index in [0.717, 1.165) is 42.9 Å². The van der Waals surface area contributed by atoms with Gasteiger partial charge in [-0.25, -0.2) is 0 Å². The van der Waals surface area contributed by atoms with Crippen molar-refractivity contribution in [1.82, 2.24) is 5.16 Å². The molecule has 7 nitrogen and oxygen atoms in total. The van der Waals surface area contributed by atoms with Gasteiger partial charge in [0.1, 0.15) is 11.5 Å². The lowest BCUT2D eigenvalue weighted by molar-refractivity contribution is -0.121. The van der Waals surface area contributed by atoms with E-state index in [2.05, 4.69) is 17.4 Å².